The van der Waals surface area contributed by atoms with Crippen molar-refractivity contribution in [2.24, 2.45) is 0 Å². The second kappa shape index (κ2) is 7.71. The first-order valence-electron chi connectivity index (χ1n) is 7.88. The zero-order chi connectivity index (χ0) is 18.8. The molecule has 0 amide bonds. The molecule has 0 aliphatic carbocycles. The van der Waals surface area contributed by atoms with E-state index in [4.69, 9.17) is 9.15 Å². The summed E-state index contributed by atoms with van der Waals surface area (Å²) in [7, 11) is 0. The van der Waals surface area contributed by atoms with Crippen LogP contribution in [0.15, 0.2) is 50.7 Å². The number of hydrogen-bond acceptors (Lipinski definition) is 8. The molecule has 6 nitrogen and oxygen atoms in total. The van der Waals surface area contributed by atoms with E-state index in [0.717, 1.165) is 19.2 Å². The summed E-state index contributed by atoms with van der Waals surface area (Å²) in [6.45, 7) is 1.70. The van der Waals surface area contributed by atoms with Gasteiger partial charge in [0.1, 0.15) is 9.88 Å². The van der Waals surface area contributed by atoms with Crippen LogP contribution in [-0.4, -0.2) is 21.2 Å². The summed E-state index contributed by atoms with van der Waals surface area (Å²) in [6, 6.07) is 13.5. The molecule has 0 bridgehead atoms. The molecule has 0 fully saturated rings. The first kappa shape index (κ1) is 18.0. The van der Waals surface area contributed by atoms with Crippen LogP contribution in [0.1, 0.15) is 21.3 Å². The molecule has 1 aromatic carbocycles. The number of carbonyl (C=O) groups excluding carboxylic acids is 1. The van der Waals surface area contributed by atoms with Crippen molar-refractivity contribution in [2.75, 3.05) is 0 Å². The van der Waals surface area contributed by atoms with Crippen molar-refractivity contribution >= 4 is 44.6 Å². The number of thiazole rings is 1. The van der Waals surface area contributed by atoms with E-state index in [1.165, 1.54) is 22.7 Å². The third-order valence-corrected chi connectivity index (χ3v) is 6.38. The smallest absolute Gasteiger partial charge is 0.350 e. The van der Waals surface area contributed by atoms with Gasteiger partial charge in [0.2, 0.25) is 0 Å². The average molecular weight is 462 g/mol. The standard InChI is InChI=1S/C18H12BrN3O3S2/c1-10-15(27-17(20-10)11-5-3-2-4-6-11)18(23)24-9-14-21-22-16(25-14)12-7-8-13(19)26-12/h2-8H,9H2,1H3. The molecule has 0 atom stereocenters. The van der Waals surface area contributed by atoms with E-state index in [2.05, 4.69) is 31.1 Å². The van der Waals surface area contributed by atoms with Crippen LogP contribution in [0.2, 0.25) is 0 Å². The molecule has 0 aliphatic rings. The van der Waals surface area contributed by atoms with Crippen molar-refractivity contribution in [3.63, 3.8) is 0 Å². The average Bonchev–Trinajstić information content (AvgIpc) is 3.40. The largest absolute Gasteiger partial charge is 0.451 e. The molecule has 0 radical (unpaired) electrons. The minimum atomic E-state index is -0.453. The number of esters is 1. The molecule has 4 rings (SSSR count). The maximum atomic E-state index is 12.4. The van der Waals surface area contributed by atoms with Crippen LogP contribution in [0.5, 0.6) is 0 Å². The van der Waals surface area contributed by atoms with Crippen molar-refractivity contribution < 1.29 is 13.9 Å². The Balaban J connectivity index is 1.44. The Hall–Kier alpha value is -2.36. The predicted molar refractivity (Wildman–Crippen MR) is 107 cm³/mol. The number of thiophene rings is 1. The van der Waals surface area contributed by atoms with Crippen LogP contribution in [0.3, 0.4) is 0 Å². The third kappa shape index (κ3) is 4.00. The fraction of sp³-hybridized carbons (Fsp3) is 0.111. The Kier molecular flexibility index (Phi) is 5.15. The first-order valence-corrected chi connectivity index (χ1v) is 10.3. The predicted octanol–water partition coefficient (Wildman–Crippen LogP) is 5.35. The van der Waals surface area contributed by atoms with E-state index in [1.54, 1.807) is 6.92 Å². The Morgan fingerprint density at radius 3 is 2.70 bits per heavy atom. The van der Waals surface area contributed by atoms with Crippen LogP contribution in [0.25, 0.3) is 21.3 Å². The summed E-state index contributed by atoms with van der Waals surface area (Å²) >= 11 is 6.18. The molecule has 0 saturated carbocycles. The zero-order valence-electron chi connectivity index (χ0n) is 14.0. The number of aromatic nitrogens is 3. The molecule has 0 saturated heterocycles. The molecule has 0 spiro atoms. The van der Waals surface area contributed by atoms with Gasteiger partial charge in [-0.15, -0.1) is 32.9 Å². The highest BCUT2D eigenvalue weighted by Crippen LogP contribution is 2.31. The van der Waals surface area contributed by atoms with Gasteiger partial charge in [-0.1, -0.05) is 30.3 Å². The summed E-state index contributed by atoms with van der Waals surface area (Å²) < 4.78 is 11.9. The Morgan fingerprint density at radius 1 is 1.15 bits per heavy atom. The van der Waals surface area contributed by atoms with Gasteiger partial charge in [0, 0.05) is 5.56 Å². The summed E-state index contributed by atoms with van der Waals surface area (Å²) in [5, 5.41) is 8.69. The first-order chi connectivity index (χ1) is 13.1. The molecule has 3 heterocycles. The Morgan fingerprint density at radius 2 is 1.96 bits per heavy atom. The lowest BCUT2D eigenvalue weighted by Crippen LogP contribution is -2.05. The van der Waals surface area contributed by atoms with Crippen molar-refractivity contribution in [3.05, 3.63) is 62.7 Å². The molecule has 136 valence electrons. The van der Waals surface area contributed by atoms with Gasteiger partial charge in [-0.2, -0.15) is 0 Å². The number of ether oxygens (including phenoxy) is 1. The lowest BCUT2D eigenvalue weighted by Gasteiger charge is -1.99. The van der Waals surface area contributed by atoms with Gasteiger partial charge in [0.25, 0.3) is 11.8 Å². The number of rotatable bonds is 5. The van der Waals surface area contributed by atoms with E-state index < -0.39 is 5.97 Å². The highest BCUT2D eigenvalue weighted by molar-refractivity contribution is 9.11. The van der Waals surface area contributed by atoms with Gasteiger partial charge >= 0.3 is 5.97 Å². The van der Waals surface area contributed by atoms with Gasteiger partial charge < -0.3 is 9.15 Å². The number of hydrogen-bond donors (Lipinski definition) is 0. The number of aryl methyl sites for hydroxylation is 1. The highest BCUT2D eigenvalue weighted by Gasteiger charge is 2.19. The lowest BCUT2D eigenvalue weighted by molar-refractivity contribution is 0.0443. The molecule has 27 heavy (non-hydrogen) atoms. The van der Waals surface area contributed by atoms with Crippen LogP contribution >= 0.6 is 38.6 Å². The molecule has 9 heteroatoms. The monoisotopic (exact) mass is 461 g/mol. The Labute approximate surface area is 171 Å². The SMILES string of the molecule is Cc1nc(-c2ccccc2)sc1C(=O)OCc1nnc(-c2ccc(Br)s2)o1. The second-order valence-electron chi connectivity index (χ2n) is 5.48. The van der Waals surface area contributed by atoms with Gasteiger partial charge in [-0.3, -0.25) is 0 Å². The summed E-state index contributed by atoms with van der Waals surface area (Å²) in [5.74, 6) is 0.191. The van der Waals surface area contributed by atoms with Gasteiger partial charge in [0.05, 0.1) is 14.4 Å². The zero-order valence-corrected chi connectivity index (χ0v) is 17.2. The van der Waals surface area contributed by atoms with Crippen LogP contribution in [0.4, 0.5) is 0 Å². The van der Waals surface area contributed by atoms with E-state index in [1.807, 2.05) is 42.5 Å². The van der Waals surface area contributed by atoms with Gasteiger partial charge in [-0.25, -0.2) is 9.78 Å². The fourth-order valence-electron chi connectivity index (χ4n) is 2.32. The highest BCUT2D eigenvalue weighted by atomic mass is 79.9. The summed E-state index contributed by atoms with van der Waals surface area (Å²) in [4.78, 5) is 18.2. The molecule has 3 aromatic heterocycles. The number of carbonyl (C=O) groups is 1. The van der Waals surface area contributed by atoms with E-state index in [9.17, 15) is 4.79 Å². The normalized spacial score (nSPS) is 10.9. The molecule has 0 aliphatic heterocycles. The summed E-state index contributed by atoms with van der Waals surface area (Å²) in [5.41, 5.74) is 1.60. The lowest BCUT2D eigenvalue weighted by atomic mass is 10.2. The van der Waals surface area contributed by atoms with Crippen molar-refractivity contribution in [1.82, 2.24) is 15.2 Å². The quantitative estimate of drug-likeness (QED) is 0.372. The van der Waals surface area contributed by atoms with Crippen LogP contribution < -0.4 is 0 Å². The van der Waals surface area contributed by atoms with Crippen LogP contribution in [0, 0.1) is 6.92 Å². The van der Waals surface area contributed by atoms with Crippen molar-refractivity contribution in [3.8, 4) is 21.3 Å². The number of benzene rings is 1. The van der Waals surface area contributed by atoms with E-state index in [0.29, 0.717) is 16.5 Å². The van der Waals surface area contributed by atoms with E-state index >= 15 is 0 Å². The third-order valence-electron chi connectivity index (χ3n) is 3.58. The minimum Gasteiger partial charge on any atom is -0.451 e. The molecular formula is C18H12BrN3O3S2. The van der Waals surface area contributed by atoms with Crippen molar-refractivity contribution in [2.45, 2.75) is 13.5 Å². The molecule has 0 N–H and O–H groups in total. The fourth-order valence-corrected chi connectivity index (χ4v) is 4.60. The van der Waals surface area contributed by atoms with Crippen LogP contribution in [-0.2, 0) is 11.3 Å². The van der Waals surface area contributed by atoms with E-state index in [-0.39, 0.29) is 12.5 Å². The molecule has 0 unspecified atom stereocenters. The number of halogens is 1. The van der Waals surface area contributed by atoms with Gasteiger partial charge in [0.15, 0.2) is 6.61 Å². The minimum absolute atomic E-state index is 0.0869. The maximum Gasteiger partial charge on any atom is 0.350 e. The second-order valence-corrected chi connectivity index (χ2v) is 8.94. The van der Waals surface area contributed by atoms with Gasteiger partial charge in [-0.05, 0) is 35.0 Å². The van der Waals surface area contributed by atoms with Crippen molar-refractivity contribution in [1.29, 1.82) is 0 Å². The topological polar surface area (TPSA) is 78.1 Å². The molecular weight excluding hydrogens is 450 g/mol. The summed E-state index contributed by atoms with van der Waals surface area (Å²) in [6.07, 6.45) is 0. The molecule has 4 aromatic rings. The Bertz CT molecular complexity index is 1090. The maximum absolute atomic E-state index is 12.4. The number of nitrogens with zero attached hydrogens (tertiary/aromatic N) is 3.